The van der Waals surface area contributed by atoms with Crippen LogP contribution in [0.15, 0.2) is 36.4 Å². The molecule has 0 aromatic heterocycles. The average molecular weight is 283 g/mol. The van der Waals surface area contributed by atoms with E-state index in [9.17, 15) is 4.79 Å². The van der Waals surface area contributed by atoms with E-state index in [4.69, 9.17) is 5.73 Å². The topological polar surface area (TPSA) is 58.4 Å². The lowest BCUT2D eigenvalue weighted by Gasteiger charge is -2.24. The smallest absolute Gasteiger partial charge is 0.251 e. The number of nitrogens with two attached hydrogens (primary N) is 1. The summed E-state index contributed by atoms with van der Waals surface area (Å²) in [5, 5.41) is 2.63. The van der Waals surface area contributed by atoms with Crippen molar-refractivity contribution in [2.24, 2.45) is 0 Å². The first-order chi connectivity index (χ1) is 9.93. The van der Waals surface area contributed by atoms with Crippen LogP contribution in [0.2, 0.25) is 0 Å². The number of hydrogen-bond acceptors (Lipinski definition) is 3. The molecule has 0 saturated heterocycles. The monoisotopic (exact) mass is 283 g/mol. The molecule has 21 heavy (non-hydrogen) atoms. The third-order valence-corrected chi connectivity index (χ3v) is 3.59. The summed E-state index contributed by atoms with van der Waals surface area (Å²) in [7, 11) is 3.57. The molecule has 4 nitrogen and oxygen atoms in total. The van der Waals surface area contributed by atoms with Gasteiger partial charge < -0.3 is 16.0 Å². The van der Waals surface area contributed by atoms with Gasteiger partial charge in [0.05, 0.1) is 11.4 Å². The van der Waals surface area contributed by atoms with Crippen molar-refractivity contribution in [2.75, 3.05) is 24.7 Å². The lowest BCUT2D eigenvalue weighted by Crippen LogP contribution is -2.19. The maximum absolute atomic E-state index is 11.8. The Morgan fingerprint density at radius 2 is 1.81 bits per heavy atom. The van der Waals surface area contributed by atoms with Gasteiger partial charge in [0, 0.05) is 25.3 Å². The van der Waals surface area contributed by atoms with Crippen molar-refractivity contribution in [2.45, 2.75) is 13.8 Å². The second kappa shape index (κ2) is 5.87. The maximum Gasteiger partial charge on any atom is 0.251 e. The number of hydrogen-bond donors (Lipinski definition) is 2. The Balaban J connectivity index is 2.47. The molecular weight excluding hydrogens is 262 g/mol. The molecule has 0 aliphatic heterocycles. The summed E-state index contributed by atoms with van der Waals surface area (Å²) in [6.45, 7) is 4.13. The predicted molar refractivity (Wildman–Crippen MR) is 88.2 cm³/mol. The highest BCUT2D eigenvalue weighted by atomic mass is 16.1. The van der Waals surface area contributed by atoms with E-state index >= 15 is 0 Å². The van der Waals surface area contributed by atoms with Crippen molar-refractivity contribution in [3.63, 3.8) is 0 Å². The fraction of sp³-hybridized carbons (Fsp3) is 0.235. The molecule has 0 saturated carbocycles. The highest BCUT2D eigenvalue weighted by molar-refractivity contribution is 5.96. The number of nitrogens with zero attached hydrogens (tertiary/aromatic N) is 1. The first-order valence-electron chi connectivity index (χ1n) is 6.86. The van der Waals surface area contributed by atoms with Gasteiger partial charge in [-0.1, -0.05) is 17.7 Å². The summed E-state index contributed by atoms with van der Waals surface area (Å²) >= 11 is 0. The fourth-order valence-electron chi connectivity index (χ4n) is 2.43. The molecule has 3 N–H and O–H groups in total. The molecule has 0 fully saturated rings. The van der Waals surface area contributed by atoms with Crippen molar-refractivity contribution in [3.05, 3.63) is 53.1 Å². The lowest BCUT2D eigenvalue weighted by atomic mass is 10.1. The van der Waals surface area contributed by atoms with Crippen LogP contribution in [-0.4, -0.2) is 20.0 Å². The van der Waals surface area contributed by atoms with Crippen LogP contribution in [-0.2, 0) is 0 Å². The Morgan fingerprint density at radius 3 is 2.43 bits per heavy atom. The molecule has 0 radical (unpaired) electrons. The van der Waals surface area contributed by atoms with Gasteiger partial charge in [-0.15, -0.1) is 0 Å². The number of carbonyl (C=O) groups excluding carboxylic acids is 1. The number of amides is 1. The first kappa shape index (κ1) is 14.9. The number of aryl methyl sites for hydroxylation is 2. The van der Waals surface area contributed by atoms with Crippen LogP contribution in [0.5, 0.6) is 0 Å². The number of rotatable bonds is 3. The Labute approximate surface area is 125 Å². The minimum absolute atomic E-state index is 0.120. The van der Waals surface area contributed by atoms with Gasteiger partial charge in [0.15, 0.2) is 0 Å². The van der Waals surface area contributed by atoms with Crippen molar-refractivity contribution in [1.29, 1.82) is 0 Å². The minimum atomic E-state index is -0.120. The van der Waals surface area contributed by atoms with Gasteiger partial charge in [-0.3, -0.25) is 4.79 Å². The zero-order chi connectivity index (χ0) is 15.6. The van der Waals surface area contributed by atoms with E-state index in [1.54, 1.807) is 19.2 Å². The number of benzene rings is 2. The maximum atomic E-state index is 11.8. The molecule has 110 valence electrons. The van der Waals surface area contributed by atoms with Crippen LogP contribution in [0.3, 0.4) is 0 Å². The van der Waals surface area contributed by atoms with Crippen LogP contribution in [0.1, 0.15) is 21.5 Å². The predicted octanol–water partition coefficient (Wildman–Crippen LogP) is 3.01. The van der Waals surface area contributed by atoms with Crippen LogP contribution in [0.25, 0.3) is 0 Å². The third-order valence-electron chi connectivity index (χ3n) is 3.59. The van der Waals surface area contributed by atoms with Crippen LogP contribution < -0.4 is 16.0 Å². The van der Waals surface area contributed by atoms with E-state index in [0.717, 1.165) is 11.4 Å². The second-order valence-electron chi connectivity index (χ2n) is 5.20. The van der Waals surface area contributed by atoms with Gasteiger partial charge in [-0.2, -0.15) is 0 Å². The second-order valence-corrected chi connectivity index (χ2v) is 5.20. The van der Waals surface area contributed by atoms with Crippen molar-refractivity contribution in [3.8, 4) is 0 Å². The molecule has 0 aliphatic carbocycles. The minimum Gasteiger partial charge on any atom is -0.397 e. The zero-order valence-electron chi connectivity index (χ0n) is 12.9. The van der Waals surface area contributed by atoms with Gasteiger partial charge in [0.25, 0.3) is 5.91 Å². The molecule has 0 heterocycles. The van der Waals surface area contributed by atoms with E-state index < -0.39 is 0 Å². The zero-order valence-corrected chi connectivity index (χ0v) is 12.9. The van der Waals surface area contributed by atoms with Gasteiger partial charge in [0.1, 0.15) is 0 Å². The molecule has 0 atom stereocenters. The molecule has 2 rings (SSSR count). The van der Waals surface area contributed by atoms with Crippen molar-refractivity contribution >= 4 is 23.0 Å². The van der Waals surface area contributed by atoms with Crippen LogP contribution >= 0.6 is 0 Å². The Morgan fingerprint density at radius 1 is 1.10 bits per heavy atom. The summed E-state index contributed by atoms with van der Waals surface area (Å²) in [6.07, 6.45) is 0. The molecule has 0 bridgehead atoms. The van der Waals surface area contributed by atoms with Gasteiger partial charge in [0.2, 0.25) is 0 Å². The standard InChI is InChI=1S/C17H21N3O/c1-11-5-8-15(12(2)9-11)20(4)16-10-13(17(21)19-3)6-7-14(16)18/h5-10H,18H2,1-4H3,(H,19,21). The highest BCUT2D eigenvalue weighted by Crippen LogP contribution is 2.32. The Hall–Kier alpha value is -2.49. The quantitative estimate of drug-likeness (QED) is 0.851. The van der Waals surface area contributed by atoms with Crippen molar-refractivity contribution in [1.82, 2.24) is 5.32 Å². The molecular formula is C17H21N3O. The molecule has 4 heteroatoms. The van der Waals surface area contributed by atoms with E-state index in [-0.39, 0.29) is 5.91 Å². The molecule has 0 aliphatic rings. The number of carbonyl (C=O) groups is 1. The Kier molecular flexibility index (Phi) is 4.17. The average Bonchev–Trinajstić information content (AvgIpc) is 2.46. The summed E-state index contributed by atoms with van der Waals surface area (Å²) < 4.78 is 0. The molecule has 0 spiro atoms. The summed E-state index contributed by atoms with van der Waals surface area (Å²) in [5.74, 6) is -0.120. The molecule has 2 aromatic carbocycles. The number of nitrogens with one attached hydrogen (secondary N) is 1. The third kappa shape index (κ3) is 2.99. The summed E-state index contributed by atoms with van der Waals surface area (Å²) in [6, 6.07) is 11.6. The lowest BCUT2D eigenvalue weighted by molar-refractivity contribution is 0.0963. The van der Waals surface area contributed by atoms with E-state index in [1.807, 2.05) is 18.0 Å². The first-order valence-corrected chi connectivity index (χ1v) is 6.86. The van der Waals surface area contributed by atoms with Crippen molar-refractivity contribution < 1.29 is 4.79 Å². The largest absolute Gasteiger partial charge is 0.397 e. The number of anilines is 3. The van der Waals surface area contributed by atoms with Gasteiger partial charge in [-0.25, -0.2) is 0 Å². The highest BCUT2D eigenvalue weighted by Gasteiger charge is 2.13. The molecule has 0 unspecified atom stereocenters. The number of nitrogen functional groups attached to an aromatic ring is 1. The SMILES string of the molecule is CNC(=O)c1ccc(N)c(N(C)c2ccc(C)cc2C)c1. The molecule has 2 aromatic rings. The van der Waals surface area contributed by atoms with E-state index in [2.05, 4.69) is 37.4 Å². The van der Waals surface area contributed by atoms with Crippen LogP contribution in [0, 0.1) is 13.8 Å². The van der Waals surface area contributed by atoms with Gasteiger partial charge in [-0.05, 0) is 43.7 Å². The summed E-state index contributed by atoms with van der Waals surface area (Å²) in [5.41, 5.74) is 11.6. The van der Waals surface area contributed by atoms with E-state index in [0.29, 0.717) is 11.3 Å². The van der Waals surface area contributed by atoms with Gasteiger partial charge >= 0.3 is 0 Å². The summed E-state index contributed by atoms with van der Waals surface area (Å²) in [4.78, 5) is 13.8. The Bertz CT molecular complexity index is 680. The fourth-order valence-corrected chi connectivity index (χ4v) is 2.43. The normalized spacial score (nSPS) is 10.3. The van der Waals surface area contributed by atoms with E-state index in [1.165, 1.54) is 11.1 Å². The molecule has 1 amide bonds. The van der Waals surface area contributed by atoms with Crippen LogP contribution in [0.4, 0.5) is 17.1 Å².